The van der Waals surface area contributed by atoms with Crippen molar-refractivity contribution in [1.29, 1.82) is 0 Å². The first-order valence-electron chi connectivity index (χ1n) is 7.66. The Morgan fingerprint density at radius 1 is 1.38 bits per heavy atom. The van der Waals surface area contributed by atoms with E-state index in [4.69, 9.17) is 12.6 Å². The van der Waals surface area contributed by atoms with Gasteiger partial charge in [-0.15, -0.1) is 0 Å². The van der Waals surface area contributed by atoms with Gasteiger partial charge >= 0.3 is 0 Å². The van der Waals surface area contributed by atoms with Crippen LogP contribution >= 0.6 is 0 Å². The maximum Gasteiger partial charge on any atom is 0.167 e. The Bertz CT molecular complexity index is 491. The molecule has 0 spiro atoms. The molecule has 4 heteroatoms. The minimum atomic E-state index is -0.279. The van der Waals surface area contributed by atoms with Gasteiger partial charge in [0.05, 0.1) is 11.8 Å². The van der Waals surface area contributed by atoms with Gasteiger partial charge in [0.15, 0.2) is 7.85 Å². The van der Waals surface area contributed by atoms with Crippen molar-refractivity contribution in [2.75, 3.05) is 0 Å². The van der Waals surface area contributed by atoms with E-state index < -0.39 is 0 Å². The highest BCUT2D eigenvalue weighted by Gasteiger charge is 2.26. The minimum absolute atomic E-state index is 0.0823. The fourth-order valence-corrected chi connectivity index (χ4v) is 3.05. The van der Waals surface area contributed by atoms with Crippen LogP contribution in [0.25, 0.3) is 0 Å². The molecule has 0 aromatic heterocycles. The van der Waals surface area contributed by atoms with Crippen molar-refractivity contribution >= 4 is 13.5 Å². The number of rotatable bonds is 5. The van der Waals surface area contributed by atoms with Crippen LogP contribution in [-0.2, 0) is 11.2 Å². The Kier molecular flexibility index (Phi) is 5.46. The highest BCUT2D eigenvalue weighted by Crippen LogP contribution is 2.29. The van der Waals surface area contributed by atoms with E-state index >= 15 is 0 Å². The SMILES string of the molecule is [B]C(=O)CCc1ccc(OC2CC(C)CC(O)C2)c(C)c1. The summed E-state index contributed by atoms with van der Waals surface area (Å²) in [5.41, 5.74) is 1.87. The summed E-state index contributed by atoms with van der Waals surface area (Å²) in [6.45, 7) is 4.16. The summed E-state index contributed by atoms with van der Waals surface area (Å²) >= 11 is 0. The Morgan fingerprint density at radius 3 is 2.76 bits per heavy atom. The molecule has 112 valence electrons. The molecule has 2 rings (SSSR count). The van der Waals surface area contributed by atoms with Gasteiger partial charge in [-0.05, 0) is 55.7 Å². The first-order chi connectivity index (χ1) is 9.94. The summed E-state index contributed by atoms with van der Waals surface area (Å²) in [7, 11) is 5.17. The van der Waals surface area contributed by atoms with Crippen LogP contribution in [0.5, 0.6) is 5.75 Å². The minimum Gasteiger partial charge on any atom is -0.490 e. The fraction of sp³-hybridized carbons (Fsp3) is 0.588. The van der Waals surface area contributed by atoms with Crippen molar-refractivity contribution in [3.8, 4) is 5.75 Å². The topological polar surface area (TPSA) is 46.5 Å². The lowest BCUT2D eigenvalue weighted by Gasteiger charge is -2.31. The van der Waals surface area contributed by atoms with Crippen molar-refractivity contribution in [2.45, 2.75) is 58.2 Å². The number of carbonyl (C=O) groups excluding carboxylic acids is 1. The van der Waals surface area contributed by atoms with Crippen LogP contribution in [-0.4, -0.2) is 30.8 Å². The van der Waals surface area contributed by atoms with Crippen molar-refractivity contribution in [1.82, 2.24) is 0 Å². The van der Waals surface area contributed by atoms with Gasteiger partial charge in [0.1, 0.15) is 11.9 Å². The molecule has 2 radical (unpaired) electrons. The Balaban J connectivity index is 1.98. The smallest absolute Gasteiger partial charge is 0.167 e. The summed E-state index contributed by atoms with van der Waals surface area (Å²) in [6, 6.07) is 5.98. The van der Waals surface area contributed by atoms with Crippen LogP contribution in [0.2, 0.25) is 0 Å². The molecule has 0 aliphatic heterocycles. The number of hydrogen-bond acceptors (Lipinski definition) is 3. The van der Waals surface area contributed by atoms with Crippen LogP contribution in [0.3, 0.4) is 0 Å². The molecular weight excluding hydrogens is 263 g/mol. The molecule has 3 unspecified atom stereocenters. The predicted octanol–water partition coefficient (Wildman–Crippen LogP) is 2.55. The third-order valence-corrected chi connectivity index (χ3v) is 4.07. The average molecular weight is 286 g/mol. The Morgan fingerprint density at radius 2 is 2.14 bits per heavy atom. The summed E-state index contributed by atoms with van der Waals surface area (Å²) < 4.78 is 6.06. The number of ether oxygens (including phenoxy) is 1. The van der Waals surface area contributed by atoms with Crippen LogP contribution in [0, 0.1) is 12.8 Å². The second-order valence-corrected chi connectivity index (χ2v) is 6.27. The predicted molar refractivity (Wildman–Crippen MR) is 83.7 cm³/mol. The van der Waals surface area contributed by atoms with Crippen LogP contribution in [0.4, 0.5) is 0 Å². The first kappa shape index (κ1) is 16.1. The molecule has 1 aliphatic rings. The lowest BCUT2D eigenvalue weighted by molar-refractivity contribution is -0.111. The van der Waals surface area contributed by atoms with E-state index in [9.17, 15) is 9.90 Å². The summed E-state index contributed by atoms with van der Waals surface area (Å²) in [5, 5.41) is 9.84. The lowest BCUT2D eigenvalue weighted by Crippen LogP contribution is -2.32. The van der Waals surface area contributed by atoms with Crippen molar-refractivity contribution in [3.05, 3.63) is 29.3 Å². The van der Waals surface area contributed by atoms with E-state index in [0.29, 0.717) is 25.2 Å². The van der Waals surface area contributed by atoms with Crippen molar-refractivity contribution < 1.29 is 14.6 Å². The number of aliphatic hydroxyl groups is 1. The monoisotopic (exact) mass is 286 g/mol. The number of hydrogen-bond donors (Lipinski definition) is 1. The largest absolute Gasteiger partial charge is 0.490 e. The average Bonchev–Trinajstić information content (AvgIpc) is 2.38. The molecule has 1 aromatic rings. The van der Waals surface area contributed by atoms with E-state index in [0.717, 1.165) is 29.7 Å². The summed E-state index contributed by atoms with van der Waals surface area (Å²) in [5.74, 6) is 1.36. The van der Waals surface area contributed by atoms with Gasteiger partial charge in [0, 0.05) is 6.42 Å². The van der Waals surface area contributed by atoms with E-state index in [1.807, 2.05) is 25.1 Å². The van der Waals surface area contributed by atoms with Gasteiger partial charge in [-0.3, -0.25) is 0 Å². The number of aliphatic hydroxyl groups excluding tert-OH is 1. The Hall–Kier alpha value is -1.29. The molecule has 0 heterocycles. The highest BCUT2D eigenvalue weighted by molar-refractivity contribution is 6.57. The molecule has 0 bridgehead atoms. The molecule has 3 atom stereocenters. The molecule has 0 saturated heterocycles. The van der Waals surface area contributed by atoms with Gasteiger partial charge < -0.3 is 14.6 Å². The lowest BCUT2D eigenvalue weighted by atomic mass is 9.86. The normalized spacial score (nSPS) is 25.6. The first-order valence-corrected chi connectivity index (χ1v) is 7.66. The van der Waals surface area contributed by atoms with Crippen molar-refractivity contribution in [2.24, 2.45) is 5.92 Å². The van der Waals surface area contributed by atoms with Gasteiger partial charge in [-0.25, -0.2) is 0 Å². The van der Waals surface area contributed by atoms with Crippen LogP contribution in [0.1, 0.15) is 43.7 Å². The summed E-state index contributed by atoms with van der Waals surface area (Å²) in [4.78, 5) is 10.8. The fourth-order valence-electron chi connectivity index (χ4n) is 3.05. The molecule has 1 aliphatic carbocycles. The third kappa shape index (κ3) is 4.89. The van der Waals surface area contributed by atoms with Gasteiger partial charge in [0.25, 0.3) is 0 Å². The van der Waals surface area contributed by atoms with Crippen molar-refractivity contribution in [3.63, 3.8) is 0 Å². The zero-order chi connectivity index (χ0) is 15.4. The molecule has 21 heavy (non-hydrogen) atoms. The molecular formula is C17H23BO3. The maximum atomic E-state index is 10.8. The quantitative estimate of drug-likeness (QED) is 0.846. The van der Waals surface area contributed by atoms with Crippen LogP contribution < -0.4 is 4.74 Å². The number of carbonyl (C=O) groups is 1. The van der Waals surface area contributed by atoms with E-state index in [2.05, 4.69) is 6.92 Å². The third-order valence-electron chi connectivity index (χ3n) is 4.07. The molecule has 1 N–H and O–H groups in total. The van der Waals surface area contributed by atoms with E-state index in [-0.39, 0.29) is 17.9 Å². The molecule has 1 fully saturated rings. The van der Waals surface area contributed by atoms with Gasteiger partial charge in [-0.1, -0.05) is 19.1 Å². The standard InChI is InChI=1S/C17H23BO3/c1-11-7-14(19)10-15(8-11)21-16-5-3-13(9-12(16)2)4-6-17(18)20/h3,5,9,11,14-15,19H,4,6-8,10H2,1-2H3. The van der Waals surface area contributed by atoms with Crippen LogP contribution in [0.15, 0.2) is 18.2 Å². The zero-order valence-electron chi connectivity index (χ0n) is 12.8. The molecule has 1 aromatic carbocycles. The van der Waals surface area contributed by atoms with Gasteiger partial charge in [0.2, 0.25) is 0 Å². The maximum absolute atomic E-state index is 10.8. The van der Waals surface area contributed by atoms with E-state index in [1.165, 1.54) is 0 Å². The Labute approximate surface area is 128 Å². The molecule has 1 saturated carbocycles. The molecule has 3 nitrogen and oxygen atoms in total. The zero-order valence-corrected chi connectivity index (χ0v) is 12.8. The summed E-state index contributed by atoms with van der Waals surface area (Å²) in [6.07, 6.45) is 3.41. The second kappa shape index (κ2) is 7.12. The second-order valence-electron chi connectivity index (χ2n) is 6.27. The van der Waals surface area contributed by atoms with E-state index in [1.54, 1.807) is 0 Å². The molecule has 0 amide bonds. The number of benzene rings is 1. The highest BCUT2D eigenvalue weighted by atomic mass is 16.5. The van der Waals surface area contributed by atoms with Gasteiger partial charge in [-0.2, -0.15) is 0 Å². The number of aryl methyl sites for hydroxylation is 2.